The normalized spacial score (nSPS) is 11.9. The van der Waals surface area contributed by atoms with Crippen LogP contribution < -0.4 is 5.32 Å². The standard InChI is InChI=1S/C22H21N5OS2/c1-15-8-6-7-11-17(15)20-25-26-22(27(20)2)30-14-18(28)24-19(21-23-12-13-29-21)16-9-4-3-5-10-16/h3-13,19H,14H2,1-2H3,(H,24,28). The molecule has 0 spiro atoms. The second-order valence-electron chi connectivity index (χ2n) is 6.75. The van der Waals surface area contributed by atoms with Gasteiger partial charge in [-0.05, 0) is 18.1 Å². The van der Waals surface area contributed by atoms with Crippen LogP contribution in [0.25, 0.3) is 11.4 Å². The summed E-state index contributed by atoms with van der Waals surface area (Å²) in [7, 11) is 1.92. The third kappa shape index (κ3) is 4.44. The van der Waals surface area contributed by atoms with E-state index in [4.69, 9.17) is 0 Å². The average molecular weight is 436 g/mol. The van der Waals surface area contributed by atoms with Crippen molar-refractivity contribution in [2.24, 2.45) is 7.05 Å². The number of thioether (sulfide) groups is 1. The Hall–Kier alpha value is -2.97. The predicted molar refractivity (Wildman–Crippen MR) is 120 cm³/mol. The van der Waals surface area contributed by atoms with Crippen LogP contribution in [0.1, 0.15) is 22.2 Å². The SMILES string of the molecule is Cc1ccccc1-c1nnc(SCC(=O)NC(c2ccccc2)c2nccs2)n1C. The molecule has 0 aliphatic rings. The third-order valence-electron chi connectivity index (χ3n) is 4.69. The van der Waals surface area contributed by atoms with Gasteiger partial charge in [-0.25, -0.2) is 4.98 Å². The van der Waals surface area contributed by atoms with Gasteiger partial charge < -0.3 is 9.88 Å². The fourth-order valence-electron chi connectivity index (χ4n) is 3.14. The van der Waals surface area contributed by atoms with E-state index in [1.165, 1.54) is 23.1 Å². The molecule has 0 radical (unpaired) electrons. The molecule has 0 aliphatic heterocycles. The molecule has 4 rings (SSSR count). The summed E-state index contributed by atoms with van der Waals surface area (Å²) >= 11 is 2.90. The van der Waals surface area contributed by atoms with Gasteiger partial charge in [-0.2, -0.15) is 0 Å². The van der Waals surface area contributed by atoms with Crippen LogP contribution in [-0.4, -0.2) is 31.4 Å². The lowest BCUT2D eigenvalue weighted by atomic mass is 10.1. The number of amides is 1. The quantitative estimate of drug-likeness (QED) is 0.440. The number of thiazole rings is 1. The van der Waals surface area contributed by atoms with Crippen molar-refractivity contribution in [3.05, 3.63) is 82.3 Å². The van der Waals surface area contributed by atoms with Crippen molar-refractivity contribution >= 4 is 29.0 Å². The van der Waals surface area contributed by atoms with E-state index in [1.807, 2.05) is 78.5 Å². The number of nitrogens with zero attached hydrogens (tertiary/aromatic N) is 4. The summed E-state index contributed by atoms with van der Waals surface area (Å²) in [5.41, 5.74) is 3.18. The highest BCUT2D eigenvalue weighted by Crippen LogP contribution is 2.26. The highest BCUT2D eigenvalue weighted by molar-refractivity contribution is 7.99. The number of carbonyl (C=O) groups is 1. The van der Waals surface area contributed by atoms with Crippen molar-refractivity contribution in [1.82, 2.24) is 25.1 Å². The van der Waals surface area contributed by atoms with Gasteiger partial charge in [0.15, 0.2) is 11.0 Å². The first-order valence-electron chi connectivity index (χ1n) is 9.45. The molecular formula is C22H21N5OS2. The number of hydrogen-bond donors (Lipinski definition) is 1. The first kappa shape index (κ1) is 20.3. The Morgan fingerprint density at radius 3 is 2.63 bits per heavy atom. The summed E-state index contributed by atoms with van der Waals surface area (Å²) in [5, 5.41) is 15.2. The second-order valence-corrected chi connectivity index (χ2v) is 8.62. The summed E-state index contributed by atoms with van der Waals surface area (Å²) in [6, 6.07) is 17.7. The molecule has 2 heterocycles. The number of benzene rings is 2. The summed E-state index contributed by atoms with van der Waals surface area (Å²) in [4.78, 5) is 17.1. The first-order valence-corrected chi connectivity index (χ1v) is 11.3. The Labute approximate surface area is 183 Å². The smallest absolute Gasteiger partial charge is 0.231 e. The molecule has 0 aliphatic carbocycles. The predicted octanol–water partition coefficient (Wildman–Crippen LogP) is 4.24. The number of carbonyl (C=O) groups excluding carboxylic acids is 1. The number of aromatic nitrogens is 4. The highest BCUT2D eigenvalue weighted by Gasteiger charge is 2.20. The molecule has 0 fully saturated rings. The van der Waals surface area contributed by atoms with E-state index in [0.717, 1.165) is 27.5 Å². The fraction of sp³-hybridized carbons (Fsp3) is 0.182. The zero-order valence-corrected chi connectivity index (χ0v) is 18.3. The topological polar surface area (TPSA) is 72.7 Å². The zero-order chi connectivity index (χ0) is 20.9. The summed E-state index contributed by atoms with van der Waals surface area (Å²) in [6.45, 7) is 2.05. The number of nitrogens with one attached hydrogen (secondary N) is 1. The van der Waals surface area contributed by atoms with Crippen molar-refractivity contribution in [2.45, 2.75) is 18.1 Å². The maximum atomic E-state index is 12.7. The van der Waals surface area contributed by atoms with E-state index < -0.39 is 0 Å². The maximum Gasteiger partial charge on any atom is 0.231 e. The minimum atomic E-state index is -0.263. The van der Waals surface area contributed by atoms with E-state index in [2.05, 4.69) is 20.5 Å². The number of hydrogen-bond acceptors (Lipinski definition) is 6. The van der Waals surface area contributed by atoms with Crippen molar-refractivity contribution in [2.75, 3.05) is 5.75 Å². The summed E-state index contributed by atoms with van der Waals surface area (Å²) in [5.74, 6) is 0.958. The van der Waals surface area contributed by atoms with E-state index in [1.54, 1.807) is 6.20 Å². The Kier molecular flexibility index (Phi) is 6.25. The van der Waals surface area contributed by atoms with Gasteiger partial charge in [-0.15, -0.1) is 21.5 Å². The van der Waals surface area contributed by atoms with Crippen LogP contribution in [0.4, 0.5) is 0 Å². The Balaban J connectivity index is 1.45. The van der Waals surface area contributed by atoms with Crippen molar-refractivity contribution in [3.8, 4) is 11.4 Å². The maximum absolute atomic E-state index is 12.7. The van der Waals surface area contributed by atoms with Gasteiger partial charge in [0.25, 0.3) is 0 Å². The van der Waals surface area contributed by atoms with Crippen molar-refractivity contribution < 1.29 is 4.79 Å². The Morgan fingerprint density at radius 1 is 1.13 bits per heavy atom. The molecule has 2 aromatic heterocycles. The molecule has 0 saturated carbocycles. The molecule has 0 saturated heterocycles. The van der Waals surface area contributed by atoms with Gasteiger partial charge in [0.05, 0.1) is 5.75 Å². The van der Waals surface area contributed by atoms with Gasteiger partial charge in [-0.3, -0.25) is 4.79 Å². The van der Waals surface area contributed by atoms with E-state index in [-0.39, 0.29) is 17.7 Å². The van der Waals surface area contributed by atoms with Crippen molar-refractivity contribution in [1.29, 1.82) is 0 Å². The number of aryl methyl sites for hydroxylation is 1. The molecule has 4 aromatic rings. The van der Waals surface area contributed by atoms with Crippen LogP contribution in [0.3, 0.4) is 0 Å². The second kappa shape index (κ2) is 9.23. The van der Waals surface area contributed by atoms with Crippen LogP contribution in [0.5, 0.6) is 0 Å². The van der Waals surface area contributed by atoms with Crippen LogP contribution in [-0.2, 0) is 11.8 Å². The molecule has 1 unspecified atom stereocenters. The Bertz CT molecular complexity index is 1130. The largest absolute Gasteiger partial charge is 0.342 e. The van der Waals surface area contributed by atoms with Gasteiger partial charge in [-0.1, -0.05) is 66.4 Å². The lowest BCUT2D eigenvalue weighted by molar-refractivity contribution is -0.119. The van der Waals surface area contributed by atoms with Crippen LogP contribution in [0.2, 0.25) is 0 Å². The molecular weight excluding hydrogens is 414 g/mol. The minimum Gasteiger partial charge on any atom is -0.342 e. The van der Waals surface area contributed by atoms with Crippen LogP contribution in [0.15, 0.2) is 71.3 Å². The van der Waals surface area contributed by atoms with Crippen LogP contribution >= 0.6 is 23.1 Å². The summed E-state index contributed by atoms with van der Waals surface area (Å²) in [6.07, 6.45) is 1.75. The average Bonchev–Trinajstić information content (AvgIpc) is 3.42. The molecule has 1 N–H and O–H groups in total. The van der Waals surface area contributed by atoms with E-state index >= 15 is 0 Å². The van der Waals surface area contributed by atoms with Gasteiger partial charge in [0.1, 0.15) is 11.0 Å². The molecule has 152 valence electrons. The molecule has 1 amide bonds. The fourth-order valence-corrected chi connectivity index (χ4v) is 4.58. The minimum absolute atomic E-state index is 0.0792. The lowest BCUT2D eigenvalue weighted by Crippen LogP contribution is -2.30. The van der Waals surface area contributed by atoms with Crippen LogP contribution in [0, 0.1) is 6.92 Å². The molecule has 0 bridgehead atoms. The van der Waals surface area contributed by atoms with E-state index in [0.29, 0.717) is 5.16 Å². The zero-order valence-electron chi connectivity index (χ0n) is 16.6. The lowest BCUT2D eigenvalue weighted by Gasteiger charge is -2.17. The molecule has 2 aromatic carbocycles. The summed E-state index contributed by atoms with van der Waals surface area (Å²) < 4.78 is 1.93. The van der Waals surface area contributed by atoms with Crippen molar-refractivity contribution in [3.63, 3.8) is 0 Å². The molecule has 8 heteroatoms. The Morgan fingerprint density at radius 2 is 1.90 bits per heavy atom. The first-order chi connectivity index (χ1) is 14.6. The van der Waals surface area contributed by atoms with Gasteiger partial charge in [0.2, 0.25) is 5.91 Å². The van der Waals surface area contributed by atoms with E-state index in [9.17, 15) is 4.79 Å². The molecule has 1 atom stereocenters. The third-order valence-corrected chi connectivity index (χ3v) is 6.55. The molecule has 30 heavy (non-hydrogen) atoms. The van der Waals surface area contributed by atoms with Gasteiger partial charge >= 0.3 is 0 Å². The highest BCUT2D eigenvalue weighted by atomic mass is 32.2. The monoisotopic (exact) mass is 435 g/mol. The van der Waals surface area contributed by atoms with Gasteiger partial charge in [0, 0.05) is 24.2 Å². The number of rotatable bonds is 7. The molecule has 6 nitrogen and oxygen atoms in total.